The second-order valence-electron chi connectivity index (χ2n) is 4.67. The summed E-state index contributed by atoms with van der Waals surface area (Å²) >= 11 is 0. The van der Waals surface area contributed by atoms with Crippen molar-refractivity contribution in [3.63, 3.8) is 0 Å². The van der Waals surface area contributed by atoms with Gasteiger partial charge in [0.25, 0.3) is 0 Å². The van der Waals surface area contributed by atoms with Crippen LogP contribution < -0.4 is 10.6 Å². The second-order valence-corrected chi connectivity index (χ2v) is 4.67. The van der Waals surface area contributed by atoms with Gasteiger partial charge in [-0.2, -0.15) is 5.26 Å². The van der Waals surface area contributed by atoms with Crippen LogP contribution >= 0.6 is 0 Å². The van der Waals surface area contributed by atoms with Crippen molar-refractivity contribution in [3.05, 3.63) is 53.2 Å². The Kier molecular flexibility index (Phi) is 2.81. The van der Waals surface area contributed by atoms with Crippen LogP contribution in [-0.2, 0) is 13.0 Å². The van der Waals surface area contributed by atoms with E-state index in [4.69, 9.17) is 11.0 Å². The summed E-state index contributed by atoms with van der Waals surface area (Å²) in [5, 5.41) is 8.79. The largest absolute Gasteiger partial charge is 0.398 e. The van der Waals surface area contributed by atoms with Gasteiger partial charge in [0.2, 0.25) is 0 Å². The number of aromatic nitrogens is 1. The third-order valence-electron chi connectivity index (χ3n) is 3.51. The third-order valence-corrected chi connectivity index (χ3v) is 3.51. The topological polar surface area (TPSA) is 65.9 Å². The van der Waals surface area contributed by atoms with Gasteiger partial charge in [-0.25, -0.2) is 4.98 Å². The van der Waals surface area contributed by atoms with E-state index in [1.165, 1.54) is 11.1 Å². The molecule has 19 heavy (non-hydrogen) atoms. The van der Waals surface area contributed by atoms with Gasteiger partial charge in [-0.15, -0.1) is 0 Å². The molecule has 0 saturated heterocycles. The lowest BCUT2D eigenvalue weighted by Gasteiger charge is -2.30. The molecule has 4 heteroatoms. The molecule has 1 aromatic carbocycles. The highest BCUT2D eigenvalue weighted by molar-refractivity contribution is 5.55. The molecule has 0 atom stereocenters. The number of hydrogen-bond acceptors (Lipinski definition) is 4. The van der Waals surface area contributed by atoms with Gasteiger partial charge in [0.15, 0.2) is 0 Å². The van der Waals surface area contributed by atoms with Crippen LogP contribution in [0, 0.1) is 11.3 Å². The van der Waals surface area contributed by atoms with Crippen LogP contribution in [0.4, 0.5) is 11.5 Å². The van der Waals surface area contributed by atoms with Gasteiger partial charge in [-0.05, 0) is 35.7 Å². The lowest BCUT2D eigenvalue weighted by molar-refractivity contribution is 0.722. The Morgan fingerprint density at radius 1 is 1.26 bits per heavy atom. The van der Waals surface area contributed by atoms with Gasteiger partial charge in [0.05, 0.1) is 5.56 Å². The molecular formula is C15H14N4. The number of hydrogen-bond donors (Lipinski definition) is 1. The average Bonchev–Trinajstić information content (AvgIpc) is 2.47. The summed E-state index contributed by atoms with van der Waals surface area (Å²) in [7, 11) is 0. The Bertz CT molecular complexity index is 640. The van der Waals surface area contributed by atoms with E-state index in [2.05, 4.69) is 22.0 Å². The number of benzene rings is 1. The number of nitriles is 1. The lowest BCUT2D eigenvalue weighted by Crippen LogP contribution is -2.31. The molecular weight excluding hydrogens is 236 g/mol. The van der Waals surface area contributed by atoms with Crippen LogP contribution in [0.2, 0.25) is 0 Å². The maximum absolute atomic E-state index is 8.79. The fourth-order valence-corrected chi connectivity index (χ4v) is 2.44. The van der Waals surface area contributed by atoms with Crippen molar-refractivity contribution < 1.29 is 0 Å². The van der Waals surface area contributed by atoms with Gasteiger partial charge in [0.1, 0.15) is 11.9 Å². The Morgan fingerprint density at radius 3 is 2.89 bits per heavy atom. The van der Waals surface area contributed by atoms with E-state index in [1.54, 1.807) is 12.3 Å². The van der Waals surface area contributed by atoms with Crippen molar-refractivity contribution >= 4 is 11.5 Å². The summed E-state index contributed by atoms with van der Waals surface area (Å²) in [5.74, 6) is 0.896. The highest BCUT2D eigenvalue weighted by Gasteiger charge is 2.18. The molecule has 0 unspecified atom stereocenters. The minimum Gasteiger partial charge on any atom is -0.398 e. The summed E-state index contributed by atoms with van der Waals surface area (Å²) in [4.78, 5) is 6.53. The van der Waals surface area contributed by atoms with Crippen LogP contribution in [0.1, 0.15) is 16.7 Å². The number of nitrogens with two attached hydrogens (primary N) is 1. The minimum atomic E-state index is 0.584. The first kappa shape index (κ1) is 11.5. The van der Waals surface area contributed by atoms with E-state index in [1.807, 2.05) is 18.2 Å². The smallest absolute Gasteiger partial charge is 0.128 e. The van der Waals surface area contributed by atoms with Gasteiger partial charge >= 0.3 is 0 Å². The first-order valence-electron chi connectivity index (χ1n) is 6.25. The number of nitrogen functional groups attached to an aromatic ring is 1. The molecule has 0 radical (unpaired) electrons. The predicted octanol–water partition coefficient (Wildman–Crippen LogP) is 2.10. The van der Waals surface area contributed by atoms with E-state index in [-0.39, 0.29) is 0 Å². The third kappa shape index (κ3) is 2.11. The SMILES string of the molecule is N#Cc1ccc(N2CCc3cccc(N)c3C2)nc1. The molecule has 2 N–H and O–H groups in total. The summed E-state index contributed by atoms with van der Waals surface area (Å²) in [5.41, 5.74) is 9.98. The number of pyridine rings is 1. The van der Waals surface area contributed by atoms with Crippen molar-refractivity contribution in [1.29, 1.82) is 5.26 Å². The zero-order valence-corrected chi connectivity index (χ0v) is 10.5. The van der Waals surface area contributed by atoms with Crippen molar-refractivity contribution in [2.45, 2.75) is 13.0 Å². The number of anilines is 2. The molecule has 1 aliphatic rings. The number of fused-ring (bicyclic) bond motifs is 1. The fraction of sp³-hybridized carbons (Fsp3) is 0.200. The molecule has 0 bridgehead atoms. The molecule has 4 nitrogen and oxygen atoms in total. The van der Waals surface area contributed by atoms with E-state index >= 15 is 0 Å². The molecule has 1 aromatic heterocycles. The molecule has 94 valence electrons. The zero-order chi connectivity index (χ0) is 13.2. The molecule has 0 aliphatic carbocycles. The Morgan fingerprint density at radius 2 is 2.16 bits per heavy atom. The molecule has 0 spiro atoms. The first-order valence-corrected chi connectivity index (χ1v) is 6.25. The van der Waals surface area contributed by atoms with Gasteiger partial charge in [-0.1, -0.05) is 12.1 Å². The minimum absolute atomic E-state index is 0.584. The van der Waals surface area contributed by atoms with E-state index in [0.717, 1.165) is 31.0 Å². The van der Waals surface area contributed by atoms with Crippen LogP contribution in [0.15, 0.2) is 36.5 Å². The molecule has 0 fully saturated rings. The molecule has 3 rings (SSSR count). The van der Waals surface area contributed by atoms with Gasteiger partial charge in [0, 0.05) is 25.0 Å². The van der Waals surface area contributed by atoms with E-state index in [9.17, 15) is 0 Å². The van der Waals surface area contributed by atoms with Crippen molar-refractivity contribution in [2.75, 3.05) is 17.2 Å². The van der Waals surface area contributed by atoms with Crippen molar-refractivity contribution in [1.82, 2.24) is 4.98 Å². The second kappa shape index (κ2) is 4.62. The van der Waals surface area contributed by atoms with Gasteiger partial charge in [-0.3, -0.25) is 0 Å². The Balaban J connectivity index is 1.89. The molecule has 0 amide bonds. The monoisotopic (exact) mass is 250 g/mol. The summed E-state index contributed by atoms with van der Waals surface area (Å²) in [6.45, 7) is 1.70. The summed E-state index contributed by atoms with van der Waals surface area (Å²) < 4.78 is 0. The van der Waals surface area contributed by atoms with Crippen molar-refractivity contribution in [3.8, 4) is 6.07 Å². The standard InChI is InChI=1S/C15H14N4/c16-8-11-4-5-15(18-9-11)19-7-6-12-2-1-3-14(17)13(12)10-19/h1-5,9H,6-7,10,17H2. The normalized spacial score (nSPS) is 13.7. The molecule has 2 heterocycles. The highest BCUT2D eigenvalue weighted by Crippen LogP contribution is 2.26. The van der Waals surface area contributed by atoms with Crippen molar-refractivity contribution in [2.24, 2.45) is 0 Å². The number of rotatable bonds is 1. The quantitative estimate of drug-likeness (QED) is 0.787. The van der Waals surface area contributed by atoms with Crippen LogP contribution in [-0.4, -0.2) is 11.5 Å². The first-order chi connectivity index (χ1) is 9.28. The number of nitrogens with zero attached hydrogens (tertiary/aromatic N) is 3. The molecule has 0 saturated carbocycles. The average molecular weight is 250 g/mol. The zero-order valence-electron chi connectivity index (χ0n) is 10.5. The van der Waals surface area contributed by atoms with Crippen LogP contribution in [0.25, 0.3) is 0 Å². The maximum atomic E-state index is 8.79. The van der Waals surface area contributed by atoms with Gasteiger partial charge < -0.3 is 10.6 Å². The summed E-state index contributed by atoms with van der Waals surface area (Å²) in [6.07, 6.45) is 2.58. The lowest BCUT2D eigenvalue weighted by atomic mass is 9.98. The van der Waals surface area contributed by atoms with Crippen LogP contribution in [0.3, 0.4) is 0 Å². The summed E-state index contributed by atoms with van der Waals surface area (Å²) in [6, 6.07) is 11.8. The predicted molar refractivity (Wildman–Crippen MR) is 74.6 cm³/mol. The maximum Gasteiger partial charge on any atom is 0.128 e. The Hall–Kier alpha value is -2.54. The fourth-order valence-electron chi connectivity index (χ4n) is 2.44. The Labute approximate surface area is 112 Å². The molecule has 2 aromatic rings. The highest BCUT2D eigenvalue weighted by atomic mass is 15.2. The van der Waals surface area contributed by atoms with E-state index in [0.29, 0.717) is 5.56 Å². The van der Waals surface area contributed by atoms with Crippen LogP contribution in [0.5, 0.6) is 0 Å². The molecule has 1 aliphatic heterocycles. The van der Waals surface area contributed by atoms with E-state index < -0.39 is 0 Å².